The van der Waals surface area contributed by atoms with Crippen molar-refractivity contribution in [2.24, 2.45) is 0 Å². The summed E-state index contributed by atoms with van der Waals surface area (Å²) in [5, 5.41) is 0. The predicted molar refractivity (Wildman–Crippen MR) is 179 cm³/mol. The smallest absolute Gasteiger partial charge is 0.0239 e. The van der Waals surface area contributed by atoms with E-state index in [2.05, 4.69) is 111 Å². The molecule has 229 valence electrons. The third-order valence-corrected chi connectivity index (χ3v) is 7.26. The largest absolute Gasteiger partial charge is 0.508 e. The van der Waals surface area contributed by atoms with E-state index < -0.39 is 0 Å². The SMILES string of the molecule is [Ir].[c-]1ccccc1-c1ccc(-c2ccccc2)cn1.[c-]1ccccc1N1C=CN(CCCCN2C=CN(c3[c-]cccc3)[CH-]2)[CH-]1. The number of unbranched alkanes of at least 4 members (excludes halogenated alkanes) is 1. The van der Waals surface area contributed by atoms with Gasteiger partial charge in [0.1, 0.15) is 0 Å². The van der Waals surface area contributed by atoms with Gasteiger partial charge in [0.2, 0.25) is 0 Å². The molecule has 2 aliphatic rings. The molecule has 0 amide bonds. The first-order valence-corrected chi connectivity index (χ1v) is 14.9. The van der Waals surface area contributed by atoms with E-state index in [1.807, 2.05) is 91.1 Å². The summed E-state index contributed by atoms with van der Waals surface area (Å²) in [6.07, 6.45) is 12.6. The summed E-state index contributed by atoms with van der Waals surface area (Å²) in [6.45, 7) is 6.29. The first-order valence-electron chi connectivity index (χ1n) is 14.9. The van der Waals surface area contributed by atoms with Gasteiger partial charge in [-0.3, -0.25) is 0 Å². The Labute approximate surface area is 281 Å². The van der Waals surface area contributed by atoms with Gasteiger partial charge in [-0.15, -0.1) is 47.3 Å². The van der Waals surface area contributed by atoms with Crippen LogP contribution in [0.2, 0.25) is 0 Å². The van der Waals surface area contributed by atoms with E-state index in [0.717, 1.165) is 54.1 Å². The van der Waals surface area contributed by atoms with Crippen molar-refractivity contribution in [1.82, 2.24) is 14.8 Å². The Hall–Kier alpha value is -4.64. The molecule has 0 spiro atoms. The van der Waals surface area contributed by atoms with Crippen LogP contribution in [0.15, 0.2) is 146 Å². The number of nitrogens with zero attached hydrogens (tertiary/aromatic N) is 5. The van der Waals surface area contributed by atoms with Crippen LogP contribution in [0.1, 0.15) is 12.8 Å². The van der Waals surface area contributed by atoms with Gasteiger partial charge in [0.25, 0.3) is 0 Å². The summed E-state index contributed by atoms with van der Waals surface area (Å²) < 4.78 is 0. The number of pyridine rings is 1. The molecule has 7 rings (SSSR count). The number of anilines is 2. The summed E-state index contributed by atoms with van der Waals surface area (Å²) >= 11 is 0. The van der Waals surface area contributed by atoms with Gasteiger partial charge >= 0.3 is 0 Å². The quantitative estimate of drug-likeness (QED) is 0.111. The molecule has 45 heavy (non-hydrogen) atoms. The zero-order valence-electron chi connectivity index (χ0n) is 24.9. The second-order valence-corrected chi connectivity index (χ2v) is 10.4. The Morgan fingerprint density at radius 2 is 1.09 bits per heavy atom. The van der Waals surface area contributed by atoms with Crippen molar-refractivity contribution in [3.8, 4) is 22.4 Å². The second-order valence-electron chi connectivity index (χ2n) is 10.4. The van der Waals surface area contributed by atoms with Gasteiger partial charge in [0.05, 0.1) is 0 Å². The summed E-state index contributed by atoms with van der Waals surface area (Å²) in [4.78, 5) is 13.2. The van der Waals surface area contributed by atoms with Crippen LogP contribution < -0.4 is 9.80 Å². The van der Waals surface area contributed by atoms with Crippen molar-refractivity contribution < 1.29 is 20.1 Å². The molecule has 6 heteroatoms. The van der Waals surface area contributed by atoms with Crippen molar-refractivity contribution >= 4 is 11.4 Å². The van der Waals surface area contributed by atoms with Gasteiger partial charge in [-0.1, -0.05) is 42.5 Å². The molecule has 1 radical (unpaired) electrons. The van der Waals surface area contributed by atoms with Gasteiger partial charge in [-0.2, -0.15) is 74.0 Å². The van der Waals surface area contributed by atoms with E-state index in [1.165, 1.54) is 5.56 Å². The fraction of sp³-hybridized carbons (Fsp3) is 0.103. The van der Waals surface area contributed by atoms with E-state index in [0.29, 0.717) is 0 Å². The van der Waals surface area contributed by atoms with Gasteiger partial charge in [0, 0.05) is 26.3 Å². The average Bonchev–Trinajstić information content (AvgIpc) is 3.79. The molecule has 0 aliphatic carbocycles. The van der Waals surface area contributed by atoms with Crippen molar-refractivity contribution in [2.45, 2.75) is 12.8 Å². The molecule has 4 aromatic carbocycles. The van der Waals surface area contributed by atoms with Crippen LogP contribution in [0, 0.1) is 31.5 Å². The summed E-state index contributed by atoms with van der Waals surface area (Å²) in [7, 11) is 0. The molecule has 1 aromatic heterocycles. The fourth-order valence-corrected chi connectivity index (χ4v) is 4.92. The number of rotatable bonds is 9. The van der Waals surface area contributed by atoms with Gasteiger partial charge in [-0.05, 0) is 67.6 Å². The van der Waals surface area contributed by atoms with Crippen molar-refractivity contribution in [3.05, 3.63) is 178 Å². The van der Waals surface area contributed by atoms with Crippen LogP contribution in [0.4, 0.5) is 11.4 Å². The minimum atomic E-state index is 0. The predicted octanol–water partition coefficient (Wildman–Crippen LogP) is 8.41. The zero-order chi connectivity index (χ0) is 29.8. The molecule has 0 N–H and O–H groups in total. The van der Waals surface area contributed by atoms with E-state index >= 15 is 0 Å². The number of benzene rings is 4. The van der Waals surface area contributed by atoms with Crippen molar-refractivity contribution in [1.29, 1.82) is 0 Å². The zero-order valence-corrected chi connectivity index (χ0v) is 27.3. The molecule has 2 aliphatic heterocycles. The van der Waals surface area contributed by atoms with Crippen LogP contribution >= 0.6 is 0 Å². The van der Waals surface area contributed by atoms with Crippen molar-refractivity contribution in [3.63, 3.8) is 0 Å². The monoisotopic (exact) mass is 765 g/mol. The molecule has 0 bridgehead atoms. The Balaban J connectivity index is 0.000000185. The van der Waals surface area contributed by atoms with Crippen LogP contribution in [0.3, 0.4) is 0 Å². The van der Waals surface area contributed by atoms with E-state index in [9.17, 15) is 0 Å². The van der Waals surface area contributed by atoms with Gasteiger partial charge in [-0.25, -0.2) is 0 Å². The molecule has 0 saturated heterocycles. The first-order chi connectivity index (χ1) is 21.8. The normalized spacial score (nSPS) is 13.4. The molecular weight excluding hydrogens is 731 g/mol. The van der Waals surface area contributed by atoms with Crippen LogP contribution in [0.5, 0.6) is 0 Å². The molecule has 0 atom stereocenters. The molecule has 5 aromatic rings. The Kier molecular flexibility index (Phi) is 11.6. The summed E-state index contributed by atoms with van der Waals surface area (Å²) in [5.41, 5.74) is 6.44. The maximum atomic E-state index is 4.49. The van der Waals surface area contributed by atoms with E-state index in [4.69, 9.17) is 0 Å². The molecule has 0 saturated carbocycles. The molecule has 0 unspecified atom stereocenters. The van der Waals surface area contributed by atoms with Crippen molar-refractivity contribution in [2.75, 3.05) is 22.9 Å². The number of hydrogen-bond donors (Lipinski definition) is 0. The number of hydrogen-bond acceptors (Lipinski definition) is 5. The van der Waals surface area contributed by atoms with E-state index in [1.54, 1.807) is 0 Å². The minimum Gasteiger partial charge on any atom is -0.508 e. The Bertz CT molecular complexity index is 1490. The summed E-state index contributed by atoms with van der Waals surface area (Å²) in [6, 6.07) is 48.0. The van der Waals surface area contributed by atoms with Gasteiger partial charge in [0.15, 0.2) is 0 Å². The number of aromatic nitrogens is 1. The second kappa shape index (κ2) is 16.4. The third kappa shape index (κ3) is 8.95. The maximum Gasteiger partial charge on any atom is 0.0239 e. The molecule has 3 heterocycles. The topological polar surface area (TPSA) is 25.9 Å². The fourth-order valence-electron chi connectivity index (χ4n) is 4.92. The molecular formula is C39H34IrN5-5. The van der Waals surface area contributed by atoms with Gasteiger partial charge < -0.3 is 24.6 Å². The molecule has 5 nitrogen and oxygen atoms in total. The number of para-hydroxylation sites is 2. The standard InChI is InChI=1S/C22H22N4.C17H12N.Ir/c1-3-9-21(10-4-1)25-17-15-23(19-25)13-7-8-14-24-16-18-26(20-24)22-11-5-2-6-12-22;1-3-7-14(8-4-1)16-11-12-17(18-13-16)15-9-5-2-6-10-15;/h1-6,9,11,15-20H,7-8,13-14H2;1-9,11-13H;/q-4;-1;. The van der Waals surface area contributed by atoms with Crippen LogP contribution in [-0.2, 0) is 20.1 Å². The Morgan fingerprint density at radius 1 is 0.533 bits per heavy atom. The van der Waals surface area contributed by atoms with Crippen LogP contribution in [0.25, 0.3) is 22.4 Å². The maximum absolute atomic E-state index is 4.49. The van der Waals surface area contributed by atoms with Crippen LogP contribution in [-0.4, -0.2) is 27.9 Å². The van der Waals surface area contributed by atoms with E-state index in [-0.39, 0.29) is 20.1 Å². The average molecular weight is 765 g/mol. The minimum absolute atomic E-state index is 0. The molecule has 0 fully saturated rings. The third-order valence-electron chi connectivity index (χ3n) is 7.26. The Morgan fingerprint density at radius 3 is 1.58 bits per heavy atom. The summed E-state index contributed by atoms with van der Waals surface area (Å²) in [5.74, 6) is 0. The first kappa shape index (κ1) is 31.8.